The molecule has 0 aliphatic carbocycles. The lowest BCUT2D eigenvalue weighted by atomic mass is 10.0. The second kappa shape index (κ2) is 70.8. The molecule has 0 radical (unpaired) electrons. The average molecular weight is 1140 g/mol. The Kier molecular flexibility index (Phi) is 69.4. The van der Waals surface area contributed by atoms with Crippen LogP contribution in [0, 0.1) is 0 Å². The van der Waals surface area contributed by atoms with Gasteiger partial charge in [-0.2, -0.15) is 0 Å². The van der Waals surface area contributed by atoms with E-state index in [1.54, 1.807) is 0 Å². The van der Waals surface area contributed by atoms with Crippen LogP contribution in [0.25, 0.3) is 0 Å². The molecule has 0 aromatic rings. The third kappa shape index (κ3) is 67.3. The van der Waals surface area contributed by atoms with Crippen LogP contribution in [0.5, 0.6) is 0 Å². The van der Waals surface area contributed by atoms with Gasteiger partial charge in [-0.05, 0) is 77.0 Å². The first-order chi connectivity index (χ1) is 40.0. The molecule has 6 heteroatoms. The highest BCUT2D eigenvalue weighted by atomic mass is 16.5. The summed E-state index contributed by atoms with van der Waals surface area (Å²) >= 11 is 0. The minimum Gasteiger partial charge on any atom is -0.466 e. The van der Waals surface area contributed by atoms with Crippen LogP contribution in [0.3, 0.4) is 0 Å². The van der Waals surface area contributed by atoms with E-state index < -0.39 is 12.1 Å². The number of rotatable bonds is 70. The number of carbonyl (C=O) groups excluding carboxylic acids is 2. The fourth-order valence-electron chi connectivity index (χ4n) is 11.8. The zero-order chi connectivity index (χ0) is 58.5. The molecule has 0 saturated heterocycles. The summed E-state index contributed by atoms with van der Waals surface area (Å²) in [7, 11) is 0. The second-order valence-electron chi connectivity index (χ2n) is 25.6. The topological polar surface area (TPSA) is 95.9 Å². The molecule has 0 saturated carbocycles. The summed E-state index contributed by atoms with van der Waals surface area (Å²) in [5.74, 6) is -0.0155. The van der Waals surface area contributed by atoms with Crippen LogP contribution in [0.15, 0.2) is 24.3 Å². The van der Waals surface area contributed by atoms with Gasteiger partial charge in [0.2, 0.25) is 5.91 Å². The Morgan fingerprint density at radius 3 is 0.889 bits per heavy atom. The van der Waals surface area contributed by atoms with Gasteiger partial charge in [0.1, 0.15) is 0 Å². The number of carbonyl (C=O) groups is 2. The van der Waals surface area contributed by atoms with Crippen LogP contribution in [0.4, 0.5) is 0 Å². The molecule has 3 N–H and O–H groups in total. The van der Waals surface area contributed by atoms with Crippen molar-refractivity contribution in [3.05, 3.63) is 24.3 Å². The summed E-state index contributed by atoms with van der Waals surface area (Å²) in [6.45, 7) is 4.97. The fourth-order valence-corrected chi connectivity index (χ4v) is 11.8. The van der Waals surface area contributed by atoms with E-state index in [4.69, 9.17) is 4.74 Å². The molecule has 480 valence electrons. The average Bonchev–Trinajstić information content (AvgIpc) is 3.47. The van der Waals surface area contributed by atoms with Gasteiger partial charge in [-0.25, -0.2) is 0 Å². The number of hydrogen-bond donors (Lipinski definition) is 3. The lowest BCUT2D eigenvalue weighted by Gasteiger charge is -2.22. The first-order valence-electron chi connectivity index (χ1n) is 37.1. The summed E-state index contributed by atoms with van der Waals surface area (Å²) < 4.78 is 5.48. The van der Waals surface area contributed by atoms with Crippen molar-refractivity contribution in [3.8, 4) is 0 Å². The number of aliphatic hydroxyl groups excluding tert-OH is 2. The lowest BCUT2D eigenvalue weighted by Crippen LogP contribution is -2.45. The van der Waals surface area contributed by atoms with Crippen LogP contribution in [-0.2, 0) is 14.3 Å². The molecule has 0 spiro atoms. The molecule has 0 bridgehead atoms. The van der Waals surface area contributed by atoms with E-state index in [1.807, 2.05) is 0 Å². The molecule has 0 aromatic carbocycles. The third-order valence-electron chi connectivity index (χ3n) is 17.5. The predicted molar refractivity (Wildman–Crippen MR) is 356 cm³/mol. The third-order valence-corrected chi connectivity index (χ3v) is 17.5. The van der Waals surface area contributed by atoms with Crippen LogP contribution >= 0.6 is 0 Å². The number of ether oxygens (including phenoxy) is 1. The Bertz CT molecular complexity index is 1270. The highest BCUT2D eigenvalue weighted by molar-refractivity contribution is 5.76. The predicted octanol–water partition coefficient (Wildman–Crippen LogP) is 24.1. The zero-order valence-corrected chi connectivity index (χ0v) is 55.0. The van der Waals surface area contributed by atoms with Crippen LogP contribution in [0.1, 0.15) is 418 Å². The van der Waals surface area contributed by atoms with Crippen molar-refractivity contribution < 1.29 is 24.5 Å². The van der Waals surface area contributed by atoms with E-state index in [1.165, 1.54) is 340 Å². The number of aliphatic hydroxyl groups is 2. The first kappa shape index (κ1) is 79.3. The number of allylic oxidation sites excluding steroid dienone is 4. The van der Waals surface area contributed by atoms with Gasteiger partial charge in [0.25, 0.3) is 0 Å². The quantitative estimate of drug-likeness (QED) is 0.0320. The van der Waals surface area contributed by atoms with Crippen molar-refractivity contribution in [3.63, 3.8) is 0 Å². The molecule has 81 heavy (non-hydrogen) atoms. The summed E-state index contributed by atoms with van der Waals surface area (Å²) in [5.41, 5.74) is 0. The van der Waals surface area contributed by atoms with Crippen LogP contribution in [-0.4, -0.2) is 47.4 Å². The molecule has 0 fully saturated rings. The van der Waals surface area contributed by atoms with Gasteiger partial charge in [-0.15, -0.1) is 0 Å². The Balaban J connectivity index is 3.32. The Hall–Kier alpha value is -1.66. The molecule has 1 amide bonds. The Labute approximate surface area is 507 Å². The number of amides is 1. The van der Waals surface area contributed by atoms with Crippen LogP contribution in [0.2, 0.25) is 0 Å². The number of unbranched alkanes of at least 4 members (excludes halogenated alkanes) is 55. The van der Waals surface area contributed by atoms with Gasteiger partial charge in [0.15, 0.2) is 0 Å². The molecule has 0 rings (SSSR count). The summed E-state index contributed by atoms with van der Waals surface area (Å²) in [4.78, 5) is 24.5. The molecule has 0 heterocycles. The van der Waals surface area contributed by atoms with Crippen molar-refractivity contribution in [2.45, 2.75) is 431 Å². The van der Waals surface area contributed by atoms with Crippen molar-refractivity contribution in [2.24, 2.45) is 0 Å². The maximum Gasteiger partial charge on any atom is 0.305 e. The van der Waals surface area contributed by atoms with Gasteiger partial charge >= 0.3 is 5.97 Å². The summed E-state index contributed by atoms with van der Waals surface area (Å²) in [6.07, 6.45) is 89.7. The van der Waals surface area contributed by atoms with E-state index in [0.29, 0.717) is 25.9 Å². The van der Waals surface area contributed by atoms with E-state index >= 15 is 0 Å². The van der Waals surface area contributed by atoms with Crippen LogP contribution < -0.4 is 5.32 Å². The molecule has 2 atom stereocenters. The Morgan fingerprint density at radius 1 is 0.333 bits per heavy atom. The standard InChI is InChI=1S/C75H145NO5/c1-3-5-7-9-11-13-15-17-44-47-51-55-59-63-67-73(78)72(71-77)76-74(79)68-64-60-56-52-48-45-41-39-37-35-33-31-29-27-25-23-21-19-18-20-22-24-26-28-30-32-34-36-38-40-42-46-50-54-58-62-66-70-81-75(80)69-65-61-57-53-49-43-16-14-12-10-8-6-4-2/h14,16,18,20,72-73,77-78H,3-13,15,17,19,21-71H2,1-2H3,(H,76,79)/b16-14-,20-18-. The van der Waals surface area contributed by atoms with E-state index in [2.05, 4.69) is 43.5 Å². The fraction of sp³-hybridized carbons (Fsp3) is 0.920. The zero-order valence-electron chi connectivity index (χ0n) is 55.0. The van der Waals surface area contributed by atoms with Crippen molar-refractivity contribution in [1.29, 1.82) is 0 Å². The van der Waals surface area contributed by atoms with E-state index in [0.717, 1.165) is 44.9 Å². The molecule has 0 aromatic heterocycles. The minimum absolute atomic E-state index is 0.0127. The van der Waals surface area contributed by atoms with Gasteiger partial charge < -0.3 is 20.3 Å². The maximum atomic E-state index is 12.5. The number of hydrogen-bond acceptors (Lipinski definition) is 5. The van der Waals surface area contributed by atoms with E-state index in [9.17, 15) is 19.8 Å². The van der Waals surface area contributed by atoms with Crippen molar-refractivity contribution >= 4 is 11.9 Å². The minimum atomic E-state index is -0.660. The van der Waals surface area contributed by atoms with Gasteiger partial charge in [0.05, 0.1) is 25.4 Å². The van der Waals surface area contributed by atoms with Crippen molar-refractivity contribution in [1.82, 2.24) is 5.32 Å². The summed E-state index contributed by atoms with van der Waals surface area (Å²) in [6, 6.07) is -0.537. The lowest BCUT2D eigenvalue weighted by molar-refractivity contribution is -0.143. The molecular weight excluding hydrogens is 995 g/mol. The van der Waals surface area contributed by atoms with Crippen molar-refractivity contribution in [2.75, 3.05) is 13.2 Å². The van der Waals surface area contributed by atoms with Gasteiger partial charge in [-0.1, -0.05) is 353 Å². The summed E-state index contributed by atoms with van der Waals surface area (Å²) in [5, 5.41) is 23.3. The SMILES string of the molecule is CCCCCC/C=C\CCCCCCCC(=O)OCCCCCCCCCCCCCCCCCC/C=C\CCCCCCCCCCCCCCCCCCCC(=O)NC(CO)C(O)CCCCCCCCCCCCCCCC. The van der Waals surface area contributed by atoms with Gasteiger partial charge in [0, 0.05) is 12.8 Å². The first-order valence-corrected chi connectivity index (χ1v) is 37.1. The molecule has 2 unspecified atom stereocenters. The maximum absolute atomic E-state index is 12.5. The van der Waals surface area contributed by atoms with Gasteiger partial charge in [-0.3, -0.25) is 9.59 Å². The second-order valence-corrected chi connectivity index (χ2v) is 25.6. The Morgan fingerprint density at radius 2 is 0.580 bits per heavy atom. The largest absolute Gasteiger partial charge is 0.466 e. The highest BCUT2D eigenvalue weighted by Crippen LogP contribution is 2.19. The highest BCUT2D eigenvalue weighted by Gasteiger charge is 2.20. The monoisotopic (exact) mass is 1140 g/mol. The number of esters is 1. The molecule has 6 nitrogen and oxygen atoms in total. The molecular formula is C75H145NO5. The smallest absolute Gasteiger partial charge is 0.305 e. The molecule has 0 aliphatic rings. The number of nitrogens with one attached hydrogen (secondary N) is 1. The van der Waals surface area contributed by atoms with E-state index in [-0.39, 0.29) is 18.5 Å². The normalized spacial score (nSPS) is 12.6. The molecule has 0 aliphatic heterocycles.